The molecule has 0 aliphatic rings. The third kappa shape index (κ3) is 3.33. The van der Waals surface area contributed by atoms with Crippen LogP contribution in [0.25, 0.3) is 0 Å². The number of hydrogen-bond acceptors (Lipinski definition) is 2. The maximum Gasteiger partial charge on any atom is 0.255 e. The lowest BCUT2D eigenvalue weighted by molar-refractivity contribution is 0.0783. The molecule has 0 fully saturated rings. The second kappa shape index (κ2) is 6.17. The smallest absolute Gasteiger partial charge is 0.255 e. The Balaban J connectivity index is 2.18. The molecule has 1 aromatic carbocycles. The third-order valence-electron chi connectivity index (χ3n) is 2.65. The van der Waals surface area contributed by atoms with E-state index in [0.717, 1.165) is 5.69 Å². The number of aromatic nitrogens is 1. The largest absolute Gasteiger partial charge is 0.336 e. The average molecular weight is 340 g/mol. The van der Waals surface area contributed by atoms with Crippen LogP contribution in [0.3, 0.4) is 0 Å². The highest BCUT2D eigenvalue weighted by Gasteiger charge is 2.16. The van der Waals surface area contributed by atoms with Crippen LogP contribution in [0.2, 0.25) is 5.02 Å². The first-order chi connectivity index (χ1) is 9.09. The number of amides is 1. The van der Waals surface area contributed by atoms with Crippen LogP contribution in [-0.2, 0) is 6.54 Å². The Morgan fingerprint density at radius 1 is 1.32 bits per heavy atom. The van der Waals surface area contributed by atoms with Crippen molar-refractivity contribution in [1.82, 2.24) is 9.88 Å². The zero-order valence-electron chi connectivity index (χ0n) is 10.3. The first kappa shape index (κ1) is 14.0. The van der Waals surface area contributed by atoms with Gasteiger partial charge in [0.1, 0.15) is 0 Å². The predicted octanol–water partition coefficient (Wildman–Crippen LogP) is 3.77. The number of hydrogen-bond donors (Lipinski definition) is 0. The number of nitrogens with zero attached hydrogens (tertiary/aromatic N) is 2. The normalized spacial score (nSPS) is 10.3. The number of rotatable bonds is 3. The molecule has 0 aliphatic carbocycles. The number of carbonyl (C=O) groups is 1. The SMILES string of the molecule is CN(Cc1ccccn1)C(=O)c1cccc(Br)c1Cl. The van der Waals surface area contributed by atoms with Gasteiger partial charge in [-0.25, -0.2) is 0 Å². The number of pyridine rings is 1. The fourth-order valence-electron chi connectivity index (χ4n) is 1.68. The fourth-order valence-corrected chi connectivity index (χ4v) is 2.25. The zero-order chi connectivity index (χ0) is 13.8. The quantitative estimate of drug-likeness (QED) is 0.853. The summed E-state index contributed by atoms with van der Waals surface area (Å²) in [5.41, 5.74) is 1.32. The molecule has 0 saturated carbocycles. The topological polar surface area (TPSA) is 33.2 Å². The summed E-state index contributed by atoms with van der Waals surface area (Å²) in [5, 5.41) is 0.431. The molecule has 0 saturated heterocycles. The number of benzene rings is 1. The highest BCUT2D eigenvalue weighted by molar-refractivity contribution is 9.10. The fraction of sp³-hybridized carbons (Fsp3) is 0.143. The van der Waals surface area contributed by atoms with Gasteiger partial charge in [-0.2, -0.15) is 0 Å². The molecular formula is C14H12BrClN2O. The highest BCUT2D eigenvalue weighted by atomic mass is 79.9. The Bertz CT molecular complexity index is 589. The second-order valence-corrected chi connectivity index (χ2v) is 5.32. The van der Waals surface area contributed by atoms with Gasteiger partial charge in [-0.05, 0) is 40.2 Å². The van der Waals surface area contributed by atoms with Crippen molar-refractivity contribution in [2.45, 2.75) is 6.54 Å². The number of halogens is 2. The molecule has 0 spiro atoms. The summed E-state index contributed by atoms with van der Waals surface area (Å²) < 4.78 is 0.714. The lowest BCUT2D eigenvalue weighted by Gasteiger charge is -2.17. The molecular weight excluding hydrogens is 328 g/mol. The van der Waals surface area contributed by atoms with Crippen LogP contribution in [0.15, 0.2) is 47.1 Å². The molecule has 98 valence electrons. The summed E-state index contributed by atoms with van der Waals surface area (Å²) in [6.45, 7) is 0.447. The van der Waals surface area contributed by atoms with Crippen molar-refractivity contribution in [1.29, 1.82) is 0 Å². The van der Waals surface area contributed by atoms with Crippen LogP contribution in [0.5, 0.6) is 0 Å². The molecule has 2 aromatic rings. The van der Waals surface area contributed by atoms with Crippen molar-refractivity contribution in [3.63, 3.8) is 0 Å². The van der Waals surface area contributed by atoms with Gasteiger partial charge in [-0.1, -0.05) is 23.7 Å². The van der Waals surface area contributed by atoms with E-state index in [-0.39, 0.29) is 5.91 Å². The molecule has 19 heavy (non-hydrogen) atoms. The molecule has 1 amide bonds. The third-order valence-corrected chi connectivity index (χ3v) is 3.95. The molecule has 0 atom stereocenters. The van der Waals surface area contributed by atoms with E-state index in [4.69, 9.17) is 11.6 Å². The minimum Gasteiger partial charge on any atom is -0.336 e. The summed E-state index contributed by atoms with van der Waals surface area (Å²) in [6.07, 6.45) is 1.71. The first-order valence-electron chi connectivity index (χ1n) is 5.69. The molecule has 1 aromatic heterocycles. The second-order valence-electron chi connectivity index (χ2n) is 4.08. The van der Waals surface area contributed by atoms with Gasteiger partial charge in [0.15, 0.2) is 0 Å². The van der Waals surface area contributed by atoms with Gasteiger partial charge >= 0.3 is 0 Å². The Kier molecular flexibility index (Phi) is 4.56. The van der Waals surface area contributed by atoms with Crippen molar-refractivity contribution < 1.29 is 4.79 Å². The first-order valence-corrected chi connectivity index (χ1v) is 6.86. The minimum atomic E-state index is -0.128. The minimum absolute atomic E-state index is 0.128. The van der Waals surface area contributed by atoms with E-state index in [1.807, 2.05) is 18.2 Å². The summed E-state index contributed by atoms with van der Waals surface area (Å²) in [5.74, 6) is -0.128. The van der Waals surface area contributed by atoms with Crippen LogP contribution in [0, 0.1) is 0 Å². The maximum atomic E-state index is 12.3. The van der Waals surface area contributed by atoms with Crippen LogP contribution in [-0.4, -0.2) is 22.8 Å². The molecule has 1 heterocycles. The van der Waals surface area contributed by atoms with Gasteiger partial charge < -0.3 is 4.90 Å². The average Bonchev–Trinajstić information content (AvgIpc) is 2.42. The van der Waals surface area contributed by atoms with Crippen LogP contribution in [0.4, 0.5) is 0 Å². The Morgan fingerprint density at radius 3 is 2.79 bits per heavy atom. The van der Waals surface area contributed by atoms with Crippen molar-refractivity contribution >= 4 is 33.4 Å². The summed E-state index contributed by atoms with van der Waals surface area (Å²) in [6, 6.07) is 10.9. The summed E-state index contributed by atoms with van der Waals surface area (Å²) in [4.78, 5) is 18.1. The van der Waals surface area contributed by atoms with E-state index in [1.54, 1.807) is 36.3 Å². The van der Waals surface area contributed by atoms with E-state index in [0.29, 0.717) is 21.6 Å². The van der Waals surface area contributed by atoms with Crippen molar-refractivity contribution in [3.8, 4) is 0 Å². The molecule has 0 N–H and O–H groups in total. The van der Waals surface area contributed by atoms with E-state index < -0.39 is 0 Å². The van der Waals surface area contributed by atoms with Crippen LogP contribution in [0.1, 0.15) is 16.1 Å². The van der Waals surface area contributed by atoms with Crippen molar-refractivity contribution in [2.75, 3.05) is 7.05 Å². The van der Waals surface area contributed by atoms with Gasteiger partial charge in [-0.15, -0.1) is 0 Å². The zero-order valence-corrected chi connectivity index (χ0v) is 12.6. The molecule has 2 rings (SSSR count). The van der Waals surface area contributed by atoms with E-state index in [9.17, 15) is 4.79 Å². The molecule has 3 nitrogen and oxygen atoms in total. The lowest BCUT2D eigenvalue weighted by atomic mass is 10.2. The Morgan fingerprint density at radius 2 is 2.11 bits per heavy atom. The van der Waals surface area contributed by atoms with Gasteiger partial charge in [0.05, 0.1) is 22.8 Å². The van der Waals surface area contributed by atoms with Gasteiger partial charge in [-0.3, -0.25) is 9.78 Å². The molecule has 0 unspecified atom stereocenters. The van der Waals surface area contributed by atoms with Gasteiger partial charge in [0.25, 0.3) is 5.91 Å². The van der Waals surface area contributed by atoms with E-state index >= 15 is 0 Å². The van der Waals surface area contributed by atoms with E-state index in [1.165, 1.54) is 0 Å². The van der Waals surface area contributed by atoms with Crippen molar-refractivity contribution in [3.05, 3.63) is 63.3 Å². The van der Waals surface area contributed by atoms with Gasteiger partial charge in [0.2, 0.25) is 0 Å². The molecule has 5 heteroatoms. The van der Waals surface area contributed by atoms with Crippen molar-refractivity contribution in [2.24, 2.45) is 0 Å². The monoisotopic (exact) mass is 338 g/mol. The maximum absolute atomic E-state index is 12.3. The molecule has 0 radical (unpaired) electrons. The highest BCUT2D eigenvalue weighted by Crippen LogP contribution is 2.26. The molecule has 0 bridgehead atoms. The summed E-state index contributed by atoms with van der Waals surface area (Å²) >= 11 is 9.44. The van der Waals surface area contributed by atoms with Crippen LogP contribution < -0.4 is 0 Å². The Labute approximate surface area is 125 Å². The van der Waals surface area contributed by atoms with E-state index in [2.05, 4.69) is 20.9 Å². The number of carbonyl (C=O) groups excluding carboxylic acids is 1. The lowest BCUT2D eigenvalue weighted by Crippen LogP contribution is -2.26. The standard InChI is InChI=1S/C14H12BrClN2O/c1-18(9-10-5-2-3-8-17-10)14(19)11-6-4-7-12(15)13(11)16/h2-8H,9H2,1H3. The van der Waals surface area contributed by atoms with Crippen LogP contribution >= 0.6 is 27.5 Å². The predicted molar refractivity (Wildman–Crippen MR) is 79.2 cm³/mol. The molecule has 0 aliphatic heterocycles. The van der Waals surface area contributed by atoms with Gasteiger partial charge in [0, 0.05) is 17.7 Å². The Hall–Kier alpha value is -1.39. The summed E-state index contributed by atoms with van der Waals surface area (Å²) in [7, 11) is 1.73.